The van der Waals surface area contributed by atoms with Gasteiger partial charge < -0.3 is 9.88 Å². The molecule has 0 aliphatic heterocycles. The molecular formula is C20H28N4O2S2. The number of carbonyl (C=O) groups excluding carboxylic acids is 1. The van der Waals surface area contributed by atoms with Gasteiger partial charge in [-0.05, 0) is 37.7 Å². The summed E-state index contributed by atoms with van der Waals surface area (Å²) in [6, 6.07) is 7.64. The van der Waals surface area contributed by atoms with Crippen LogP contribution in [0.25, 0.3) is 0 Å². The highest BCUT2D eigenvalue weighted by Gasteiger charge is 2.23. The van der Waals surface area contributed by atoms with Gasteiger partial charge >= 0.3 is 0 Å². The van der Waals surface area contributed by atoms with Crippen molar-refractivity contribution in [3.05, 3.63) is 35.7 Å². The molecule has 2 aromatic rings. The number of nitrogens with zero attached hydrogens (tertiary/aromatic N) is 3. The zero-order chi connectivity index (χ0) is 19.9. The highest BCUT2D eigenvalue weighted by Crippen LogP contribution is 2.33. The van der Waals surface area contributed by atoms with E-state index in [1.807, 2.05) is 19.2 Å². The van der Waals surface area contributed by atoms with Crippen molar-refractivity contribution in [2.75, 3.05) is 18.6 Å². The lowest BCUT2D eigenvalue weighted by atomic mass is 10.2. The highest BCUT2D eigenvalue weighted by atomic mass is 32.2. The van der Waals surface area contributed by atoms with Crippen molar-refractivity contribution in [2.45, 2.75) is 61.5 Å². The lowest BCUT2D eigenvalue weighted by Gasteiger charge is -2.16. The van der Waals surface area contributed by atoms with Gasteiger partial charge in [0.15, 0.2) is 5.16 Å². The molecule has 1 aromatic carbocycles. The number of aromatic nitrogens is 3. The Hall–Kier alpha value is -1.67. The van der Waals surface area contributed by atoms with Gasteiger partial charge in [-0.1, -0.05) is 43.7 Å². The first-order chi connectivity index (χ1) is 13.7. The van der Waals surface area contributed by atoms with E-state index >= 15 is 0 Å². The number of aryl methyl sites for hydroxylation is 1. The quantitative estimate of drug-likeness (QED) is 0.495. The maximum atomic E-state index is 12.5. The minimum atomic E-state index is -1.15. The van der Waals surface area contributed by atoms with E-state index in [1.165, 1.54) is 25.7 Å². The van der Waals surface area contributed by atoms with Gasteiger partial charge in [0.25, 0.3) is 5.91 Å². The Morgan fingerprint density at radius 3 is 2.75 bits per heavy atom. The molecule has 1 unspecified atom stereocenters. The average molecular weight is 421 g/mol. The minimum Gasteiger partial charge on any atom is -0.352 e. The van der Waals surface area contributed by atoms with Crippen LogP contribution < -0.4 is 5.32 Å². The molecule has 1 N–H and O–H groups in total. The average Bonchev–Trinajstić information content (AvgIpc) is 3.39. The number of thioether (sulfide) groups is 1. The summed E-state index contributed by atoms with van der Waals surface area (Å²) in [5, 5.41) is 12.7. The van der Waals surface area contributed by atoms with Crippen LogP contribution in [0.2, 0.25) is 0 Å². The first kappa shape index (κ1) is 21.0. The number of amides is 1. The second kappa shape index (κ2) is 10.2. The van der Waals surface area contributed by atoms with Crippen LogP contribution in [0.3, 0.4) is 0 Å². The Labute approximate surface area is 173 Å². The molecule has 6 nitrogen and oxygen atoms in total. The third kappa shape index (κ3) is 4.84. The van der Waals surface area contributed by atoms with Crippen molar-refractivity contribution < 1.29 is 9.00 Å². The first-order valence-electron chi connectivity index (χ1n) is 9.89. The second-order valence-corrected chi connectivity index (χ2v) is 9.38. The van der Waals surface area contributed by atoms with E-state index in [0.29, 0.717) is 28.8 Å². The molecule has 1 saturated carbocycles. The Morgan fingerprint density at radius 2 is 2.04 bits per heavy atom. The van der Waals surface area contributed by atoms with E-state index in [0.717, 1.165) is 23.8 Å². The summed E-state index contributed by atoms with van der Waals surface area (Å²) >= 11 is 1.64. The van der Waals surface area contributed by atoms with Gasteiger partial charge in [0.2, 0.25) is 0 Å². The maximum Gasteiger partial charge on any atom is 0.252 e. The number of carbonyl (C=O) groups is 1. The van der Waals surface area contributed by atoms with E-state index < -0.39 is 10.8 Å². The maximum absolute atomic E-state index is 12.5. The molecule has 3 rings (SSSR count). The van der Waals surface area contributed by atoms with Crippen LogP contribution in [-0.2, 0) is 17.2 Å². The lowest BCUT2D eigenvalue weighted by Crippen LogP contribution is -2.26. The van der Waals surface area contributed by atoms with Crippen molar-refractivity contribution in [2.24, 2.45) is 0 Å². The van der Waals surface area contributed by atoms with Crippen LogP contribution >= 0.6 is 11.8 Å². The van der Waals surface area contributed by atoms with Crippen molar-refractivity contribution in [1.82, 2.24) is 20.1 Å². The molecule has 1 atom stereocenters. The molecule has 0 radical (unpaired) electrons. The fourth-order valence-electron chi connectivity index (χ4n) is 3.70. The van der Waals surface area contributed by atoms with Crippen molar-refractivity contribution in [3.8, 4) is 0 Å². The Morgan fingerprint density at radius 1 is 1.29 bits per heavy atom. The van der Waals surface area contributed by atoms with Crippen LogP contribution in [-0.4, -0.2) is 43.4 Å². The fourth-order valence-corrected chi connectivity index (χ4v) is 5.22. The monoisotopic (exact) mass is 420 g/mol. The molecular weight excluding hydrogens is 392 g/mol. The van der Waals surface area contributed by atoms with Crippen LogP contribution in [0.5, 0.6) is 0 Å². The molecule has 0 spiro atoms. The van der Waals surface area contributed by atoms with Crippen LogP contribution in [0.1, 0.15) is 61.3 Å². The highest BCUT2D eigenvalue weighted by molar-refractivity contribution is 7.98. The molecule has 8 heteroatoms. The van der Waals surface area contributed by atoms with Crippen LogP contribution in [0.4, 0.5) is 0 Å². The van der Waals surface area contributed by atoms with E-state index in [-0.39, 0.29) is 5.91 Å². The topological polar surface area (TPSA) is 76.9 Å². The van der Waals surface area contributed by atoms with E-state index in [2.05, 4.69) is 20.1 Å². The Bertz CT molecular complexity index is 831. The van der Waals surface area contributed by atoms with Gasteiger partial charge in [0.05, 0.1) is 21.3 Å². The number of nitrogens with one attached hydrogen (secondary N) is 1. The number of rotatable bonds is 9. The molecule has 1 amide bonds. The van der Waals surface area contributed by atoms with Gasteiger partial charge in [-0.3, -0.25) is 9.00 Å². The predicted molar refractivity (Wildman–Crippen MR) is 113 cm³/mol. The molecule has 1 aliphatic rings. The molecule has 1 heterocycles. The van der Waals surface area contributed by atoms with E-state index in [9.17, 15) is 9.00 Å². The summed E-state index contributed by atoms with van der Waals surface area (Å²) in [5.41, 5.74) is 0.501. The summed E-state index contributed by atoms with van der Waals surface area (Å²) in [4.78, 5) is 13.1. The van der Waals surface area contributed by atoms with Gasteiger partial charge in [-0.2, -0.15) is 0 Å². The van der Waals surface area contributed by atoms with Gasteiger partial charge in [0.1, 0.15) is 5.82 Å². The molecule has 1 aromatic heterocycles. The standard InChI is InChI=1S/C20H28N4O2S2/c1-3-28(26)17-12-7-6-11-16(17)19(25)21-14-8-13-18-22-23-20(27-2)24(18)15-9-4-5-10-15/h6-7,11-12,15H,3-5,8-10,13-14H2,1-2H3,(H,21,25). The molecule has 0 saturated heterocycles. The lowest BCUT2D eigenvalue weighted by molar-refractivity contribution is 0.0950. The minimum absolute atomic E-state index is 0.167. The summed E-state index contributed by atoms with van der Waals surface area (Å²) in [7, 11) is -1.15. The SMILES string of the molecule is CCS(=O)c1ccccc1C(=O)NCCCc1nnc(SC)n1C1CCCC1. The van der Waals surface area contributed by atoms with Gasteiger partial charge in [0, 0.05) is 24.8 Å². The van der Waals surface area contributed by atoms with E-state index in [4.69, 9.17) is 0 Å². The number of benzene rings is 1. The smallest absolute Gasteiger partial charge is 0.252 e. The largest absolute Gasteiger partial charge is 0.352 e. The Kier molecular flexibility index (Phi) is 7.67. The zero-order valence-corrected chi connectivity index (χ0v) is 18.2. The zero-order valence-electron chi connectivity index (χ0n) is 16.5. The van der Waals surface area contributed by atoms with Crippen LogP contribution in [0, 0.1) is 0 Å². The van der Waals surface area contributed by atoms with E-state index in [1.54, 1.807) is 30.0 Å². The summed E-state index contributed by atoms with van der Waals surface area (Å²) in [5.74, 6) is 1.34. The molecule has 28 heavy (non-hydrogen) atoms. The third-order valence-corrected chi connectivity index (χ3v) is 7.12. The van der Waals surface area contributed by atoms with Crippen molar-refractivity contribution in [1.29, 1.82) is 0 Å². The number of hydrogen-bond donors (Lipinski definition) is 1. The molecule has 1 aliphatic carbocycles. The number of hydrogen-bond acceptors (Lipinski definition) is 5. The van der Waals surface area contributed by atoms with Crippen LogP contribution in [0.15, 0.2) is 34.3 Å². The normalized spacial score (nSPS) is 15.6. The molecule has 152 valence electrons. The summed E-state index contributed by atoms with van der Waals surface area (Å²) in [6.45, 7) is 2.41. The summed E-state index contributed by atoms with van der Waals surface area (Å²) < 4.78 is 14.5. The van der Waals surface area contributed by atoms with Gasteiger partial charge in [-0.25, -0.2) is 0 Å². The second-order valence-electron chi connectivity index (χ2n) is 6.90. The fraction of sp³-hybridized carbons (Fsp3) is 0.550. The molecule has 0 bridgehead atoms. The van der Waals surface area contributed by atoms with Gasteiger partial charge in [-0.15, -0.1) is 10.2 Å². The summed E-state index contributed by atoms with van der Waals surface area (Å²) in [6.07, 6.45) is 8.55. The first-order valence-corrected chi connectivity index (χ1v) is 12.4. The molecule has 1 fully saturated rings. The van der Waals surface area contributed by atoms with Crippen molar-refractivity contribution >= 4 is 28.5 Å². The van der Waals surface area contributed by atoms with Crippen molar-refractivity contribution in [3.63, 3.8) is 0 Å². The predicted octanol–water partition coefficient (Wildman–Crippen LogP) is 3.61. The Balaban J connectivity index is 1.58. The third-order valence-electron chi connectivity index (χ3n) is 5.11.